The number of hydrogen-bond donors (Lipinski definition) is 3. The van der Waals surface area contributed by atoms with Crippen LogP contribution in [0.1, 0.15) is 35.7 Å². The molecule has 0 aliphatic carbocycles. The number of aliphatic hydroxyl groups excluding tert-OH is 2. The van der Waals surface area contributed by atoms with E-state index in [9.17, 15) is 24.9 Å². The summed E-state index contributed by atoms with van der Waals surface area (Å²) < 4.78 is 10.7. The van der Waals surface area contributed by atoms with Crippen LogP contribution in [0.3, 0.4) is 0 Å². The summed E-state index contributed by atoms with van der Waals surface area (Å²) in [4.78, 5) is 24.4. The van der Waals surface area contributed by atoms with E-state index < -0.39 is 30.1 Å². The summed E-state index contributed by atoms with van der Waals surface area (Å²) in [5, 5.41) is 30.3. The Kier molecular flexibility index (Phi) is 7.18. The van der Waals surface area contributed by atoms with Crippen molar-refractivity contribution in [2.75, 3.05) is 7.11 Å². The van der Waals surface area contributed by atoms with Gasteiger partial charge in [-0.2, -0.15) is 0 Å². The van der Waals surface area contributed by atoms with E-state index in [-0.39, 0.29) is 28.6 Å². The van der Waals surface area contributed by atoms with Crippen molar-refractivity contribution in [3.8, 4) is 11.5 Å². The zero-order chi connectivity index (χ0) is 20.1. The monoisotopic (exact) mass is 440 g/mol. The highest BCUT2D eigenvalue weighted by Crippen LogP contribution is 2.40. The van der Waals surface area contributed by atoms with Crippen molar-refractivity contribution in [2.24, 2.45) is 0 Å². The van der Waals surface area contributed by atoms with Gasteiger partial charge in [0, 0.05) is 6.42 Å². The molecule has 0 amide bonds. The summed E-state index contributed by atoms with van der Waals surface area (Å²) in [6, 6.07) is 1.53. The molecule has 27 heavy (non-hydrogen) atoms. The molecule has 1 aliphatic rings. The van der Waals surface area contributed by atoms with Crippen LogP contribution < -0.4 is 4.74 Å². The molecule has 0 unspecified atom stereocenters. The van der Waals surface area contributed by atoms with Crippen molar-refractivity contribution in [2.45, 2.75) is 38.1 Å². The number of carbonyl (C=O) groups is 2. The zero-order valence-electron chi connectivity index (χ0n) is 14.9. The maximum absolute atomic E-state index is 12.6. The minimum atomic E-state index is -1.56. The summed E-state index contributed by atoms with van der Waals surface area (Å²) in [7, 11) is 1.41. The molecule has 0 aromatic heterocycles. The number of ketones is 1. The quantitative estimate of drug-likeness (QED) is 0.574. The van der Waals surface area contributed by atoms with Crippen LogP contribution >= 0.6 is 15.9 Å². The Labute approximate surface area is 165 Å². The molecule has 2 rings (SSSR count). The molecule has 3 atom stereocenters. The molecule has 8 heteroatoms. The second-order valence-electron chi connectivity index (χ2n) is 6.11. The largest absolute Gasteiger partial charge is 0.506 e. The van der Waals surface area contributed by atoms with Gasteiger partial charge in [-0.3, -0.25) is 4.79 Å². The number of rotatable bonds is 1. The first-order chi connectivity index (χ1) is 12.8. The third-order valence-electron chi connectivity index (χ3n) is 4.05. The van der Waals surface area contributed by atoms with Gasteiger partial charge < -0.3 is 24.8 Å². The Balaban J connectivity index is 2.52. The third kappa shape index (κ3) is 4.97. The number of hydrogen-bond acceptors (Lipinski definition) is 7. The van der Waals surface area contributed by atoms with Gasteiger partial charge in [-0.1, -0.05) is 18.2 Å². The molecule has 3 N–H and O–H groups in total. The van der Waals surface area contributed by atoms with Gasteiger partial charge >= 0.3 is 5.97 Å². The molecular weight excluding hydrogens is 420 g/mol. The predicted molar refractivity (Wildman–Crippen MR) is 102 cm³/mol. The lowest BCUT2D eigenvalue weighted by atomic mass is 10.0. The van der Waals surface area contributed by atoms with Gasteiger partial charge in [-0.05, 0) is 47.0 Å². The Morgan fingerprint density at radius 2 is 1.85 bits per heavy atom. The van der Waals surface area contributed by atoms with E-state index in [1.165, 1.54) is 31.4 Å². The molecule has 0 spiro atoms. The van der Waals surface area contributed by atoms with Crippen LogP contribution in [0.4, 0.5) is 0 Å². The lowest BCUT2D eigenvalue weighted by Gasteiger charge is -2.17. The van der Waals surface area contributed by atoms with Gasteiger partial charge in [0.2, 0.25) is 0 Å². The number of aliphatic hydroxyl groups is 2. The van der Waals surface area contributed by atoms with E-state index in [1.54, 1.807) is 6.92 Å². The van der Waals surface area contributed by atoms with Gasteiger partial charge in [-0.15, -0.1) is 0 Å². The number of aromatic hydroxyl groups is 1. The molecule has 0 radical (unpaired) electrons. The van der Waals surface area contributed by atoms with Crippen molar-refractivity contribution < 1.29 is 34.4 Å². The van der Waals surface area contributed by atoms with Crippen molar-refractivity contribution in [3.05, 3.63) is 39.9 Å². The van der Waals surface area contributed by atoms with Crippen molar-refractivity contribution >= 4 is 33.8 Å². The standard InChI is InChI=1S/C19H21BrO7/c1-10-5-3-7-12(21)17(23)13(22)8-4-6-11-9-14(26-2)16(20)18(24)15(11)19(25)27-10/h3-4,6-7,9-10,13,17,22-24H,5,8H2,1-2H3/b6-4-,7-3-/t10-,13-,17+/m0/s1. The number of halogens is 1. The molecule has 1 aromatic rings. The molecule has 146 valence electrons. The van der Waals surface area contributed by atoms with E-state index in [4.69, 9.17) is 9.47 Å². The Hall–Kier alpha value is -2.16. The molecule has 7 nitrogen and oxygen atoms in total. The van der Waals surface area contributed by atoms with Gasteiger partial charge in [-0.25, -0.2) is 4.79 Å². The highest BCUT2D eigenvalue weighted by atomic mass is 79.9. The minimum absolute atomic E-state index is 0.0369. The molecular formula is C19H21BrO7. The average molecular weight is 441 g/mol. The molecule has 0 fully saturated rings. The first-order valence-electron chi connectivity index (χ1n) is 8.29. The number of esters is 1. The maximum atomic E-state index is 12.6. The highest BCUT2D eigenvalue weighted by molar-refractivity contribution is 9.10. The van der Waals surface area contributed by atoms with Gasteiger partial charge in [0.05, 0.1) is 13.2 Å². The number of ether oxygens (including phenoxy) is 2. The minimum Gasteiger partial charge on any atom is -0.506 e. The lowest BCUT2D eigenvalue weighted by molar-refractivity contribution is -0.127. The lowest BCUT2D eigenvalue weighted by Crippen LogP contribution is -2.32. The number of carbonyl (C=O) groups excluding carboxylic acids is 2. The first kappa shape index (κ1) is 21.1. The van der Waals surface area contributed by atoms with Gasteiger partial charge in [0.15, 0.2) is 5.78 Å². The average Bonchev–Trinajstić information content (AvgIpc) is 2.62. The number of cyclic esters (lactones) is 1. The smallest absolute Gasteiger partial charge is 0.342 e. The third-order valence-corrected chi connectivity index (χ3v) is 4.82. The second kappa shape index (κ2) is 9.16. The van der Waals surface area contributed by atoms with Crippen LogP contribution in [-0.4, -0.2) is 52.5 Å². The topological polar surface area (TPSA) is 113 Å². The molecule has 0 saturated carbocycles. The van der Waals surface area contributed by atoms with E-state index in [0.717, 1.165) is 6.08 Å². The molecule has 0 bridgehead atoms. The van der Waals surface area contributed by atoms with Crippen LogP contribution in [0.15, 0.2) is 28.8 Å². The van der Waals surface area contributed by atoms with Crippen LogP contribution in [0, 0.1) is 0 Å². The van der Waals surface area contributed by atoms with E-state index >= 15 is 0 Å². The van der Waals surface area contributed by atoms with E-state index in [1.807, 2.05) is 0 Å². The fraction of sp³-hybridized carbons (Fsp3) is 0.368. The SMILES string of the molecule is COc1cc2c(c(O)c1Br)C(=O)O[C@@H](C)C/C=C\C(=O)[C@@H](O)[C@@H](O)C/C=C\2. The fourth-order valence-electron chi connectivity index (χ4n) is 2.55. The van der Waals surface area contributed by atoms with Crippen molar-refractivity contribution in [1.82, 2.24) is 0 Å². The fourth-order valence-corrected chi connectivity index (χ4v) is 3.03. The number of phenolic OH excluding ortho intramolecular Hbond substituents is 1. The number of methoxy groups -OCH3 is 1. The zero-order valence-corrected chi connectivity index (χ0v) is 16.5. The Morgan fingerprint density at radius 1 is 1.19 bits per heavy atom. The maximum Gasteiger partial charge on any atom is 0.342 e. The summed E-state index contributed by atoms with van der Waals surface area (Å²) in [6.07, 6.45) is 2.33. The molecule has 1 heterocycles. The Bertz CT molecular complexity index is 785. The number of fused-ring (bicyclic) bond motifs is 1. The highest BCUT2D eigenvalue weighted by Gasteiger charge is 2.25. The van der Waals surface area contributed by atoms with Crippen LogP contribution in [0.2, 0.25) is 0 Å². The Morgan fingerprint density at radius 3 is 2.52 bits per heavy atom. The van der Waals surface area contributed by atoms with Crippen molar-refractivity contribution in [1.29, 1.82) is 0 Å². The summed E-state index contributed by atoms with van der Waals surface area (Å²) >= 11 is 3.19. The summed E-state index contributed by atoms with van der Waals surface area (Å²) in [5.74, 6) is -1.39. The normalized spacial score (nSPS) is 26.5. The number of phenols is 1. The molecule has 1 aliphatic heterocycles. The summed E-state index contributed by atoms with van der Waals surface area (Å²) in [6.45, 7) is 1.63. The second-order valence-corrected chi connectivity index (χ2v) is 6.91. The van der Waals surface area contributed by atoms with Crippen LogP contribution in [0.25, 0.3) is 6.08 Å². The van der Waals surface area contributed by atoms with Crippen molar-refractivity contribution in [3.63, 3.8) is 0 Å². The molecule has 0 saturated heterocycles. The van der Waals surface area contributed by atoms with Crippen LogP contribution in [-0.2, 0) is 9.53 Å². The van der Waals surface area contributed by atoms with E-state index in [2.05, 4.69) is 15.9 Å². The molecule has 1 aromatic carbocycles. The first-order valence-corrected chi connectivity index (χ1v) is 9.09. The van der Waals surface area contributed by atoms with Gasteiger partial charge in [0.1, 0.15) is 33.7 Å². The number of benzene rings is 1. The van der Waals surface area contributed by atoms with Crippen LogP contribution in [0.5, 0.6) is 11.5 Å². The predicted octanol–water partition coefficient (Wildman–Crippen LogP) is 2.36. The van der Waals surface area contributed by atoms with Gasteiger partial charge in [0.25, 0.3) is 0 Å². The van der Waals surface area contributed by atoms with E-state index in [0.29, 0.717) is 11.3 Å². The summed E-state index contributed by atoms with van der Waals surface area (Å²) in [5.41, 5.74) is 0.253.